The van der Waals surface area contributed by atoms with Crippen molar-refractivity contribution in [3.8, 4) is 0 Å². The van der Waals surface area contributed by atoms with Gasteiger partial charge in [0.05, 0.1) is 0 Å². The van der Waals surface area contributed by atoms with Crippen molar-refractivity contribution >= 4 is 28.5 Å². The third kappa shape index (κ3) is 5.22. The second kappa shape index (κ2) is 7.99. The van der Waals surface area contributed by atoms with Crippen molar-refractivity contribution in [2.75, 3.05) is 25.5 Å². The minimum absolute atomic E-state index is 0.737. The minimum atomic E-state index is 0.737. The zero-order chi connectivity index (χ0) is 13.5. The molecule has 0 aliphatic heterocycles. The van der Waals surface area contributed by atoms with E-state index in [-0.39, 0.29) is 0 Å². The van der Waals surface area contributed by atoms with E-state index < -0.39 is 0 Å². The second-order valence-corrected chi connectivity index (χ2v) is 6.52. The molecule has 1 aromatic rings. The molecule has 5 heteroatoms. The number of hydrogen-bond acceptors (Lipinski definition) is 4. The number of halogens is 1. The Morgan fingerprint density at radius 1 is 1.26 bits per heavy atom. The van der Waals surface area contributed by atoms with Crippen LogP contribution in [0, 0.1) is 3.57 Å². The Bertz CT molecular complexity index is 362. The molecule has 0 atom stereocenters. The van der Waals surface area contributed by atoms with Gasteiger partial charge in [0.15, 0.2) is 0 Å². The molecule has 0 aromatic carbocycles. The van der Waals surface area contributed by atoms with Crippen molar-refractivity contribution in [1.82, 2.24) is 14.9 Å². The molecule has 1 saturated carbocycles. The van der Waals surface area contributed by atoms with Crippen LogP contribution in [0.1, 0.15) is 38.5 Å². The maximum atomic E-state index is 4.24. The van der Waals surface area contributed by atoms with E-state index in [1.54, 1.807) is 0 Å². The third-order valence-corrected chi connectivity index (χ3v) is 4.35. The summed E-state index contributed by atoms with van der Waals surface area (Å²) in [6, 6.07) is 0.809. The van der Waals surface area contributed by atoms with Crippen LogP contribution >= 0.6 is 22.6 Å². The van der Waals surface area contributed by atoms with Gasteiger partial charge in [0.2, 0.25) is 5.95 Å². The smallest absolute Gasteiger partial charge is 0.222 e. The highest BCUT2D eigenvalue weighted by Crippen LogP contribution is 2.21. The fourth-order valence-corrected chi connectivity index (χ4v) is 2.92. The average molecular weight is 374 g/mol. The monoisotopic (exact) mass is 374 g/mol. The number of aromatic nitrogens is 2. The van der Waals surface area contributed by atoms with Crippen molar-refractivity contribution in [2.24, 2.45) is 0 Å². The van der Waals surface area contributed by atoms with Crippen LogP contribution in [0.15, 0.2) is 12.4 Å². The van der Waals surface area contributed by atoms with E-state index in [1.165, 1.54) is 32.1 Å². The Kier molecular flexibility index (Phi) is 6.30. The van der Waals surface area contributed by atoms with Gasteiger partial charge in [-0.3, -0.25) is 0 Å². The van der Waals surface area contributed by atoms with E-state index in [9.17, 15) is 0 Å². The highest BCUT2D eigenvalue weighted by atomic mass is 127. The lowest BCUT2D eigenvalue weighted by Crippen LogP contribution is -2.34. The zero-order valence-electron chi connectivity index (χ0n) is 11.6. The van der Waals surface area contributed by atoms with Crippen LogP contribution in [0.4, 0.5) is 5.95 Å². The first-order chi connectivity index (χ1) is 9.25. The van der Waals surface area contributed by atoms with Crippen molar-refractivity contribution in [3.63, 3.8) is 0 Å². The fraction of sp³-hybridized carbons (Fsp3) is 0.714. The Labute approximate surface area is 129 Å². The van der Waals surface area contributed by atoms with Crippen molar-refractivity contribution in [3.05, 3.63) is 16.0 Å². The van der Waals surface area contributed by atoms with Gasteiger partial charge < -0.3 is 10.2 Å². The second-order valence-electron chi connectivity index (χ2n) is 5.28. The highest BCUT2D eigenvalue weighted by molar-refractivity contribution is 14.1. The lowest BCUT2D eigenvalue weighted by Gasteiger charge is -2.31. The van der Waals surface area contributed by atoms with Crippen LogP contribution in [0.2, 0.25) is 0 Å². The Morgan fingerprint density at radius 2 is 1.95 bits per heavy atom. The summed E-state index contributed by atoms with van der Waals surface area (Å²) in [5.74, 6) is 0.737. The van der Waals surface area contributed by atoms with E-state index in [2.05, 4.69) is 49.8 Å². The van der Waals surface area contributed by atoms with E-state index in [1.807, 2.05) is 12.4 Å². The molecule has 0 unspecified atom stereocenters. The number of rotatable bonds is 6. The number of hydrogen-bond donors (Lipinski definition) is 1. The SMILES string of the molecule is CN(CCCNc1ncc(I)cn1)C1CCCCC1. The maximum absolute atomic E-state index is 4.24. The lowest BCUT2D eigenvalue weighted by atomic mass is 9.94. The quantitative estimate of drug-likeness (QED) is 0.614. The van der Waals surface area contributed by atoms with Crippen LogP contribution in [0.5, 0.6) is 0 Å². The average Bonchev–Trinajstić information content (AvgIpc) is 2.46. The first-order valence-corrected chi connectivity index (χ1v) is 8.25. The van der Waals surface area contributed by atoms with Crippen LogP contribution in [-0.2, 0) is 0 Å². The minimum Gasteiger partial charge on any atom is -0.354 e. The standard InChI is InChI=1S/C14H23IN4/c1-19(13-6-3-2-4-7-13)9-5-8-16-14-17-10-12(15)11-18-14/h10-11,13H,2-9H2,1H3,(H,16,17,18). The molecule has 1 fully saturated rings. The molecular formula is C14H23IN4. The summed E-state index contributed by atoms with van der Waals surface area (Å²) in [6.07, 6.45) is 11.8. The largest absolute Gasteiger partial charge is 0.354 e. The fourth-order valence-electron chi connectivity index (χ4n) is 2.64. The molecule has 4 nitrogen and oxygen atoms in total. The molecule has 0 bridgehead atoms. The van der Waals surface area contributed by atoms with Crippen molar-refractivity contribution in [2.45, 2.75) is 44.6 Å². The van der Waals surface area contributed by atoms with Crippen LogP contribution < -0.4 is 5.32 Å². The van der Waals surface area contributed by atoms with Crippen LogP contribution in [-0.4, -0.2) is 41.0 Å². The molecule has 1 aliphatic carbocycles. The first-order valence-electron chi connectivity index (χ1n) is 7.17. The molecule has 0 amide bonds. The molecule has 19 heavy (non-hydrogen) atoms. The molecule has 1 aromatic heterocycles. The summed E-state index contributed by atoms with van der Waals surface area (Å²) in [5, 5.41) is 3.28. The van der Waals surface area contributed by atoms with Gasteiger partial charge in [-0.1, -0.05) is 19.3 Å². The first kappa shape index (κ1) is 15.0. The molecule has 1 N–H and O–H groups in total. The number of anilines is 1. The van der Waals surface area contributed by atoms with Crippen LogP contribution in [0.25, 0.3) is 0 Å². The van der Waals surface area contributed by atoms with Crippen LogP contribution in [0.3, 0.4) is 0 Å². The molecule has 0 spiro atoms. The Morgan fingerprint density at radius 3 is 2.63 bits per heavy atom. The molecule has 0 saturated heterocycles. The van der Waals surface area contributed by atoms with E-state index in [0.29, 0.717) is 0 Å². The molecule has 1 heterocycles. The Balaban J connectivity index is 1.62. The lowest BCUT2D eigenvalue weighted by molar-refractivity contribution is 0.191. The molecular weight excluding hydrogens is 351 g/mol. The van der Waals surface area contributed by atoms with E-state index >= 15 is 0 Å². The normalized spacial score (nSPS) is 16.8. The molecule has 0 radical (unpaired) electrons. The van der Waals surface area contributed by atoms with Gasteiger partial charge in [-0.25, -0.2) is 9.97 Å². The summed E-state index contributed by atoms with van der Waals surface area (Å²) in [6.45, 7) is 2.10. The molecule has 1 aliphatic rings. The molecule has 2 rings (SSSR count). The van der Waals surface area contributed by atoms with Gasteiger partial charge in [0.1, 0.15) is 0 Å². The topological polar surface area (TPSA) is 41.0 Å². The zero-order valence-corrected chi connectivity index (χ0v) is 13.8. The third-order valence-electron chi connectivity index (χ3n) is 3.79. The van der Waals surface area contributed by atoms with Gasteiger partial charge in [0, 0.05) is 28.6 Å². The van der Waals surface area contributed by atoms with Crippen molar-refractivity contribution < 1.29 is 0 Å². The summed E-state index contributed by atoms with van der Waals surface area (Å²) in [4.78, 5) is 11.0. The number of nitrogens with one attached hydrogen (secondary N) is 1. The van der Waals surface area contributed by atoms with Gasteiger partial charge >= 0.3 is 0 Å². The van der Waals surface area contributed by atoms with Gasteiger partial charge in [-0.05, 0) is 55.4 Å². The number of nitrogens with zero attached hydrogens (tertiary/aromatic N) is 3. The van der Waals surface area contributed by atoms with Crippen molar-refractivity contribution in [1.29, 1.82) is 0 Å². The van der Waals surface area contributed by atoms with Gasteiger partial charge in [-0.2, -0.15) is 0 Å². The van der Waals surface area contributed by atoms with Gasteiger partial charge in [0.25, 0.3) is 0 Å². The molecule has 106 valence electrons. The Hall–Kier alpha value is -0.430. The highest BCUT2D eigenvalue weighted by Gasteiger charge is 2.17. The predicted molar refractivity (Wildman–Crippen MR) is 87.4 cm³/mol. The summed E-state index contributed by atoms with van der Waals surface area (Å²) >= 11 is 2.22. The van der Waals surface area contributed by atoms with E-state index in [4.69, 9.17) is 0 Å². The maximum Gasteiger partial charge on any atom is 0.222 e. The van der Waals surface area contributed by atoms with Gasteiger partial charge in [-0.15, -0.1) is 0 Å². The van der Waals surface area contributed by atoms with E-state index in [0.717, 1.165) is 35.1 Å². The summed E-state index contributed by atoms with van der Waals surface area (Å²) in [7, 11) is 2.26. The predicted octanol–water partition coefficient (Wildman–Crippen LogP) is 3.15. The summed E-state index contributed by atoms with van der Waals surface area (Å²) in [5.41, 5.74) is 0. The summed E-state index contributed by atoms with van der Waals surface area (Å²) < 4.78 is 1.07.